The second-order valence-electron chi connectivity index (χ2n) is 1.65. The minimum absolute atomic E-state index is 0.201. The Morgan fingerprint density at radius 3 is 2.00 bits per heavy atom. The van der Waals surface area contributed by atoms with Gasteiger partial charge >= 0.3 is 5.97 Å². The van der Waals surface area contributed by atoms with Gasteiger partial charge in [-0.2, -0.15) is 8.42 Å². The Kier molecular flexibility index (Phi) is 7.77. The minimum atomic E-state index is -3.66. The van der Waals surface area contributed by atoms with Gasteiger partial charge in [-0.15, -0.1) is 0 Å². The van der Waals surface area contributed by atoms with Crippen LogP contribution < -0.4 is 0 Å². The highest BCUT2D eigenvalue weighted by molar-refractivity contribution is 7.85. The van der Waals surface area contributed by atoms with Crippen molar-refractivity contribution < 1.29 is 22.5 Å². The van der Waals surface area contributed by atoms with Crippen molar-refractivity contribution in [2.75, 3.05) is 5.75 Å². The first kappa shape index (κ1) is 13.7. The van der Waals surface area contributed by atoms with Crippen LogP contribution in [0.15, 0.2) is 12.8 Å². The molecule has 0 saturated carbocycles. The molecule has 0 radical (unpaired) electrons. The molecule has 0 bridgehead atoms. The zero-order chi connectivity index (χ0) is 10.2. The smallest absolute Gasteiger partial charge is 0.307 e. The van der Waals surface area contributed by atoms with Crippen molar-refractivity contribution in [1.29, 1.82) is 0 Å². The standard InChI is InChI=1S/C4H6O2.C2H6O3S/c1-3-6-4(2)5;1-2-6(3,4)5/h3H,1H2,2H3;2H2,1H3,(H,3,4,5). The second kappa shape index (κ2) is 6.81. The summed E-state index contributed by atoms with van der Waals surface area (Å²) in [5.74, 6) is -0.530. The van der Waals surface area contributed by atoms with Gasteiger partial charge in [0.1, 0.15) is 0 Å². The van der Waals surface area contributed by atoms with Crippen molar-refractivity contribution in [3.05, 3.63) is 12.8 Å². The molecule has 0 fully saturated rings. The average molecular weight is 196 g/mol. The predicted octanol–water partition coefficient (Wildman–Crippen LogP) is 0.587. The molecular weight excluding hydrogens is 184 g/mol. The molecule has 5 nitrogen and oxygen atoms in total. The summed E-state index contributed by atoms with van der Waals surface area (Å²) in [6, 6.07) is 0. The van der Waals surface area contributed by atoms with Crippen LogP contribution in [-0.4, -0.2) is 24.7 Å². The highest BCUT2D eigenvalue weighted by Gasteiger charge is 1.93. The molecule has 0 aromatic carbocycles. The molecule has 12 heavy (non-hydrogen) atoms. The Morgan fingerprint density at radius 2 is 2.00 bits per heavy atom. The van der Waals surface area contributed by atoms with E-state index in [9.17, 15) is 13.2 Å². The molecule has 0 aliphatic carbocycles. The van der Waals surface area contributed by atoms with Crippen LogP contribution in [0.3, 0.4) is 0 Å². The summed E-state index contributed by atoms with van der Waals surface area (Å²) in [5.41, 5.74) is 0. The Morgan fingerprint density at radius 1 is 1.67 bits per heavy atom. The summed E-state index contributed by atoms with van der Waals surface area (Å²) < 4.78 is 31.1. The molecule has 72 valence electrons. The lowest BCUT2D eigenvalue weighted by Gasteiger charge is -1.83. The number of esters is 1. The summed E-state index contributed by atoms with van der Waals surface area (Å²) >= 11 is 0. The molecule has 0 rings (SSSR count). The van der Waals surface area contributed by atoms with E-state index in [1.807, 2.05) is 0 Å². The van der Waals surface area contributed by atoms with Gasteiger partial charge in [0.2, 0.25) is 0 Å². The van der Waals surface area contributed by atoms with Crippen LogP contribution in [0.5, 0.6) is 0 Å². The van der Waals surface area contributed by atoms with Gasteiger partial charge in [0, 0.05) is 6.92 Å². The number of ether oxygens (including phenoxy) is 1. The van der Waals surface area contributed by atoms with Gasteiger partial charge < -0.3 is 4.74 Å². The Labute approximate surface area is 71.8 Å². The lowest BCUT2D eigenvalue weighted by Crippen LogP contribution is -1.97. The lowest BCUT2D eigenvalue weighted by atomic mass is 10.8. The monoisotopic (exact) mass is 196 g/mol. The van der Waals surface area contributed by atoms with Gasteiger partial charge in [-0.25, -0.2) is 0 Å². The molecule has 0 unspecified atom stereocenters. The van der Waals surface area contributed by atoms with Crippen molar-refractivity contribution in [3.8, 4) is 0 Å². The van der Waals surface area contributed by atoms with Crippen LogP contribution in [0.4, 0.5) is 0 Å². The molecule has 0 aromatic rings. The molecule has 0 aliphatic rings. The Hall–Kier alpha value is -0.880. The molecule has 6 heteroatoms. The maximum atomic E-state index is 9.75. The number of rotatable bonds is 2. The maximum Gasteiger partial charge on any atom is 0.307 e. The van der Waals surface area contributed by atoms with Gasteiger partial charge in [-0.1, -0.05) is 6.58 Å². The average Bonchev–Trinajstić information content (AvgIpc) is 1.87. The van der Waals surface area contributed by atoms with Crippen LogP contribution in [-0.2, 0) is 19.6 Å². The fraction of sp³-hybridized carbons (Fsp3) is 0.500. The van der Waals surface area contributed by atoms with E-state index in [2.05, 4.69) is 11.3 Å². The molecule has 0 aromatic heterocycles. The summed E-state index contributed by atoms with van der Waals surface area (Å²) in [6.45, 7) is 5.85. The summed E-state index contributed by atoms with van der Waals surface area (Å²) in [6.07, 6.45) is 1.10. The molecule has 0 spiro atoms. The maximum absolute atomic E-state index is 9.75. The highest BCUT2D eigenvalue weighted by atomic mass is 32.2. The normalized spacial score (nSPS) is 9.25. The van der Waals surface area contributed by atoms with E-state index >= 15 is 0 Å². The molecular formula is C6H12O5S. The predicted molar refractivity (Wildman–Crippen MR) is 44.1 cm³/mol. The van der Waals surface area contributed by atoms with E-state index in [0.717, 1.165) is 6.26 Å². The number of hydrogen-bond acceptors (Lipinski definition) is 4. The van der Waals surface area contributed by atoms with Crippen LogP contribution in [0.2, 0.25) is 0 Å². The van der Waals surface area contributed by atoms with E-state index in [-0.39, 0.29) is 11.7 Å². The zero-order valence-corrected chi connectivity index (χ0v) is 7.80. The summed E-state index contributed by atoms with van der Waals surface area (Å²) in [4.78, 5) is 9.75. The molecule has 1 N–H and O–H groups in total. The van der Waals surface area contributed by atoms with Gasteiger partial charge in [0.05, 0.1) is 12.0 Å². The molecule has 0 atom stereocenters. The second-order valence-corrected chi connectivity index (χ2v) is 3.39. The van der Waals surface area contributed by atoms with Gasteiger partial charge in [0.25, 0.3) is 10.1 Å². The first-order chi connectivity index (χ1) is 5.33. The van der Waals surface area contributed by atoms with Crippen LogP contribution in [0.1, 0.15) is 13.8 Å². The van der Waals surface area contributed by atoms with Crippen molar-refractivity contribution in [3.63, 3.8) is 0 Å². The van der Waals surface area contributed by atoms with E-state index < -0.39 is 10.1 Å². The molecule has 0 aliphatic heterocycles. The quantitative estimate of drug-likeness (QED) is 0.397. The largest absolute Gasteiger partial charge is 0.435 e. The molecule has 0 heterocycles. The third-order valence-electron chi connectivity index (χ3n) is 0.614. The SMILES string of the molecule is C=COC(C)=O.CCS(=O)(=O)O. The lowest BCUT2D eigenvalue weighted by molar-refractivity contribution is -0.135. The van der Waals surface area contributed by atoms with Crippen molar-refractivity contribution in [2.24, 2.45) is 0 Å². The zero-order valence-electron chi connectivity index (χ0n) is 6.98. The van der Waals surface area contributed by atoms with Crippen molar-refractivity contribution in [2.45, 2.75) is 13.8 Å². The fourth-order valence-corrected chi connectivity index (χ4v) is 0.117. The molecule has 0 saturated heterocycles. The number of carbonyl (C=O) groups is 1. The third-order valence-corrected chi connectivity index (χ3v) is 1.34. The number of carbonyl (C=O) groups excluding carboxylic acids is 1. The van der Waals surface area contributed by atoms with Crippen LogP contribution in [0.25, 0.3) is 0 Å². The summed E-state index contributed by atoms with van der Waals surface area (Å²) in [7, 11) is -3.66. The van der Waals surface area contributed by atoms with Crippen molar-refractivity contribution >= 4 is 16.1 Å². The number of hydrogen-bond donors (Lipinski definition) is 1. The van der Waals surface area contributed by atoms with Gasteiger partial charge in [0.15, 0.2) is 0 Å². The first-order valence-electron chi connectivity index (χ1n) is 3.06. The van der Waals surface area contributed by atoms with E-state index in [0.29, 0.717) is 0 Å². The topological polar surface area (TPSA) is 80.7 Å². The third kappa shape index (κ3) is 22.9. The van der Waals surface area contributed by atoms with E-state index in [4.69, 9.17) is 4.55 Å². The van der Waals surface area contributed by atoms with Crippen LogP contribution >= 0.6 is 0 Å². The van der Waals surface area contributed by atoms with Gasteiger partial charge in [-0.05, 0) is 6.92 Å². The highest BCUT2D eigenvalue weighted by Crippen LogP contribution is 1.74. The minimum Gasteiger partial charge on any atom is -0.435 e. The Balaban J connectivity index is 0. The van der Waals surface area contributed by atoms with E-state index in [1.54, 1.807) is 0 Å². The fourth-order valence-electron chi connectivity index (χ4n) is 0.117. The van der Waals surface area contributed by atoms with Gasteiger partial charge in [-0.3, -0.25) is 9.35 Å². The van der Waals surface area contributed by atoms with E-state index in [1.165, 1.54) is 13.8 Å². The summed E-state index contributed by atoms with van der Waals surface area (Å²) in [5, 5.41) is 0. The molecule has 0 amide bonds. The van der Waals surface area contributed by atoms with Crippen molar-refractivity contribution in [1.82, 2.24) is 0 Å². The first-order valence-corrected chi connectivity index (χ1v) is 4.67. The Bertz CT molecular complexity index is 228. The van der Waals surface area contributed by atoms with Crippen LogP contribution in [0, 0.1) is 0 Å².